The normalized spacial score (nSPS) is 12.8. The van der Waals surface area contributed by atoms with E-state index in [1.54, 1.807) is 24.3 Å². The highest BCUT2D eigenvalue weighted by atomic mass is 16.6. The lowest BCUT2D eigenvalue weighted by atomic mass is 9.87. The summed E-state index contributed by atoms with van der Waals surface area (Å²) in [4.78, 5) is 32.3. The largest absolute Gasteiger partial charge is 0.493 e. The number of amides is 3. The molecule has 0 spiro atoms. The second-order valence-electron chi connectivity index (χ2n) is 8.29. The predicted octanol–water partition coefficient (Wildman–Crippen LogP) is 2.55. The van der Waals surface area contributed by atoms with Crippen LogP contribution in [0.3, 0.4) is 0 Å². The Hall–Kier alpha value is -3.41. The van der Waals surface area contributed by atoms with E-state index >= 15 is 0 Å². The van der Waals surface area contributed by atoms with Crippen LogP contribution in [0.4, 0.5) is 14.4 Å². The van der Waals surface area contributed by atoms with Gasteiger partial charge in [0.1, 0.15) is 32.5 Å². The van der Waals surface area contributed by atoms with Crippen molar-refractivity contribution in [2.75, 3.05) is 33.5 Å². The maximum Gasteiger partial charge on any atom is 0.407 e. The van der Waals surface area contributed by atoms with Crippen molar-refractivity contribution in [2.24, 2.45) is 16.9 Å². The van der Waals surface area contributed by atoms with Crippen molar-refractivity contribution >= 4 is 18.3 Å². The van der Waals surface area contributed by atoms with E-state index in [0.717, 1.165) is 12.8 Å². The molecule has 0 aliphatic rings. The van der Waals surface area contributed by atoms with Gasteiger partial charge in [0.25, 0.3) is 0 Å². The molecule has 0 aromatic heterocycles. The van der Waals surface area contributed by atoms with Gasteiger partial charge in [-0.3, -0.25) is 0 Å². The third-order valence-electron chi connectivity index (χ3n) is 4.29. The molecule has 1 rings (SSSR count). The molecule has 200 valence electrons. The quantitative estimate of drug-likeness (QED) is 0.295. The first-order valence-electron chi connectivity index (χ1n) is 11.1. The highest BCUT2D eigenvalue weighted by Crippen LogP contribution is 2.26. The summed E-state index contributed by atoms with van der Waals surface area (Å²) >= 11 is 0. The zero-order chi connectivity index (χ0) is 26.9. The standard InChI is InChI=1S/C12H24N2O4.C11H15NO5/c1-5-6-12(4,7-17-10(13)15)8-18-11(16)14-9(2)3;1-15-9-4-2-3-5-10(9)16-6-8(13)7-17-11(12)14/h9H,5-8H2,1-4H3,(H2,13,15)(H,14,16);2-5,8,13H,6-7H2,1H3,(H2,12,14)/t;8-/m.1/s1. The number of benzene rings is 1. The molecule has 1 aromatic carbocycles. The van der Waals surface area contributed by atoms with E-state index in [-0.39, 0.29) is 32.5 Å². The maximum atomic E-state index is 11.4. The number of hydrogen-bond acceptors (Lipinski definition) is 9. The second-order valence-corrected chi connectivity index (χ2v) is 8.29. The van der Waals surface area contributed by atoms with Crippen LogP contribution in [0.2, 0.25) is 0 Å². The van der Waals surface area contributed by atoms with E-state index in [0.29, 0.717) is 11.5 Å². The van der Waals surface area contributed by atoms with Gasteiger partial charge in [0.2, 0.25) is 0 Å². The Morgan fingerprint density at radius 3 is 2.09 bits per heavy atom. The fourth-order valence-electron chi connectivity index (χ4n) is 2.70. The van der Waals surface area contributed by atoms with Gasteiger partial charge in [-0.05, 0) is 32.4 Å². The minimum Gasteiger partial charge on any atom is -0.493 e. The molecule has 12 nitrogen and oxygen atoms in total. The smallest absolute Gasteiger partial charge is 0.407 e. The number of hydrogen-bond donors (Lipinski definition) is 4. The number of rotatable bonds is 13. The van der Waals surface area contributed by atoms with Crippen molar-refractivity contribution < 1.29 is 43.2 Å². The highest BCUT2D eigenvalue weighted by molar-refractivity contribution is 5.67. The van der Waals surface area contributed by atoms with Crippen LogP contribution in [-0.2, 0) is 14.2 Å². The molecule has 12 heteroatoms. The minimum absolute atomic E-state index is 0.0202. The number of para-hydroxylation sites is 2. The number of ether oxygens (including phenoxy) is 5. The first-order valence-corrected chi connectivity index (χ1v) is 11.1. The second kappa shape index (κ2) is 17.1. The van der Waals surface area contributed by atoms with Crippen molar-refractivity contribution in [2.45, 2.75) is 52.7 Å². The summed E-state index contributed by atoms with van der Waals surface area (Å²) in [5, 5.41) is 12.1. The van der Waals surface area contributed by atoms with Crippen LogP contribution >= 0.6 is 0 Å². The van der Waals surface area contributed by atoms with Crippen LogP contribution in [0, 0.1) is 5.41 Å². The fourth-order valence-corrected chi connectivity index (χ4v) is 2.70. The number of aliphatic hydroxyl groups is 1. The third-order valence-corrected chi connectivity index (χ3v) is 4.29. The van der Waals surface area contributed by atoms with E-state index in [1.807, 2.05) is 27.7 Å². The van der Waals surface area contributed by atoms with Crippen molar-refractivity contribution in [3.05, 3.63) is 24.3 Å². The molecule has 0 saturated heterocycles. The Labute approximate surface area is 206 Å². The number of nitrogens with two attached hydrogens (primary N) is 2. The van der Waals surface area contributed by atoms with Gasteiger partial charge in [0, 0.05) is 11.5 Å². The molecule has 0 radical (unpaired) electrons. The molecule has 0 saturated carbocycles. The number of carbonyl (C=O) groups is 3. The van der Waals surface area contributed by atoms with Gasteiger partial charge < -0.3 is 45.6 Å². The average molecular weight is 502 g/mol. The first-order chi connectivity index (χ1) is 16.4. The lowest BCUT2D eigenvalue weighted by molar-refractivity contribution is 0.0332. The van der Waals surface area contributed by atoms with Gasteiger partial charge in [-0.15, -0.1) is 0 Å². The SMILES string of the molecule is CCCC(C)(COC(N)=O)COC(=O)NC(C)C.COc1ccccc1OC[C@@H](O)COC(N)=O. The van der Waals surface area contributed by atoms with Crippen LogP contribution < -0.4 is 26.3 Å². The van der Waals surface area contributed by atoms with Crippen molar-refractivity contribution in [1.29, 1.82) is 0 Å². The molecule has 0 aliphatic carbocycles. The Kier molecular flexibility index (Phi) is 15.4. The summed E-state index contributed by atoms with van der Waals surface area (Å²) in [5.74, 6) is 1.07. The zero-order valence-corrected chi connectivity index (χ0v) is 21.1. The molecule has 3 amide bonds. The van der Waals surface area contributed by atoms with E-state index in [9.17, 15) is 19.5 Å². The molecule has 35 heavy (non-hydrogen) atoms. The summed E-state index contributed by atoms with van der Waals surface area (Å²) in [5.41, 5.74) is 9.29. The number of aliphatic hydroxyl groups excluding tert-OH is 1. The zero-order valence-electron chi connectivity index (χ0n) is 21.1. The van der Waals surface area contributed by atoms with Gasteiger partial charge >= 0.3 is 18.3 Å². The van der Waals surface area contributed by atoms with Gasteiger partial charge in [-0.1, -0.05) is 32.4 Å². The van der Waals surface area contributed by atoms with E-state index in [1.165, 1.54) is 7.11 Å². The van der Waals surface area contributed by atoms with Gasteiger partial charge in [0.15, 0.2) is 11.5 Å². The van der Waals surface area contributed by atoms with Crippen molar-refractivity contribution in [3.63, 3.8) is 0 Å². The van der Waals surface area contributed by atoms with Gasteiger partial charge in [0.05, 0.1) is 7.11 Å². The Morgan fingerprint density at radius 2 is 1.57 bits per heavy atom. The van der Waals surface area contributed by atoms with Crippen molar-refractivity contribution in [1.82, 2.24) is 5.32 Å². The number of methoxy groups -OCH3 is 1. The molecule has 6 N–H and O–H groups in total. The molecule has 0 aliphatic heterocycles. The summed E-state index contributed by atoms with van der Waals surface area (Å²) < 4.78 is 24.7. The van der Waals surface area contributed by atoms with Crippen LogP contribution in [0.15, 0.2) is 24.3 Å². The lowest BCUT2D eigenvalue weighted by Gasteiger charge is -2.27. The first kappa shape index (κ1) is 31.6. The number of alkyl carbamates (subject to hydrolysis) is 1. The van der Waals surface area contributed by atoms with Crippen LogP contribution in [0.25, 0.3) is 0 Å². The third kappa shape index (κ3) is 16.0. The number of primary amides is 2. The monoisotopic (exact) mass is 501 g/mol. The molecule has 0 bridgehead atoms. The molecule has 0 heterocycles. The van der Waals surface area contributed by atoms with Crippen LogP contribution in [0.1, 0.15) is 40.5 Å². The Morgan fingerprint density at radius 1 is 1.00 bits per heavy atom. The van der Waals surface area contributed by atoms with E-state index < -0.39 is 29.8 Å². The molecule has 1 aromatic rings. The Balaban J connectivity index is 0.000000661. The van der Waals surface area contributed by atoms with Crippen molar-refractivity contribution in [3.8, 4) is 11.5 Å². The van der Waals surface area contributed by atoms with E-state index in [2.05, 4.69) is 10.1 Å². The highest BCUT2D eigenvalue weighted by Gasteiger charge is 2.27. The topological polar surface area (TPSA) is 182 Å². The molecule has 2 atom stereocenters. The molecule has 1 unspecified atom stereocenters. The summed E-state index contributed by atoms with van der Waals surface area (Å²) in [6, 6.07) is 7.06. The maximum absolute atomic E-state index is 11.4. The lowest BCUT2D eigenvalue weighted by Crippen LogP contribution is -2.37. The number of carbonyl (C=O) groups excluding carboxylic acids is 3. The molecule has 0 fully saturated rings. The summed E-state index contributed by atoms with van der Waals surface area (Å²) in [7, 11) is 1.52. The fraction of sp³-hybridized carbons (Fsp3) is 0.609. The minimum atomic E-state index is -0.938. The summed E-state index contributed by atoms with van der Waals surface area (Å²) in [6.45, 7) is 7.71. The van der Waals surface area contributed by atoms with Crippen LogP contribution in [0.5, 0.6) is 11.5 Å². The van der Waals surface area contributed by atoms with Gasteiger partial charge in [-0.25, -0.2) is 14.4 Å². The Bertz CT molecular complexity index is 776. The molecular formula is C23H39N3O9. The summed E-state index contributed by atoms with van der Waals surface area (Å²) in [6.07, 6.45) is -1.48. The van der Waals surface area contributed by atoms with Crippen LogP contribution in [-0.4, -0.2) is 69.1 Å². The predicted molar refractivity (Wildman–Crippen MR) is 128 cm³/mol. The molecular weight excluding hydrogens is 462 g/mol. The van der Waals surface area contributed by atoms with Gasteiger partial charge in [-0.2, -0.15) is 0 Å². The average Bonchev–Trinajstić information content (AvgIpc) is 2.79. The van der Waals surface area contributed by atoms with E-state index in [4.69, 9.17) is 30.4 Å². The number of nitrogens with one attached hydrogen (secondary N) is 1.